The standard InChI is InChI=1S/C15H19F3N6OS/c1-24-8-19-6-11(24)12-22-14(26-23-12)13(25)21-10-4-2-9(3-5-10)20-7-15(16,17)18/h6,8-10,20H,2-5,7H2,1H3,(H,21,25). The van der Waals surface area contributed by atoms with Crippen molar-refractivity contribution in [1.29, 1.82) is 0 Å². The molecule has 2 aromatic rings. The van der Waals surface area contributed by atoms with Crippen LogP contribution in [0.4, 0.5) is 13.2 Å². The molecule has 1 amide bonds. The number of carbonyl (C=O) groups is 1. The largest absolute Gasteiger partial charge is 0.401 e. The van der Waals surface area contributed by atoms with Crippen LogP contribution in [-0.4, -0.2) is 49.6 Å². The van der Waals surface area contributed by atoms with Crippen molar-refractivity contribution < 1.29 is 18.0 Å². The molecule has 1 fully saturated rings. The molecule has 1 saturated carbocycles. The second-order valence-corrected chi connectivity index (χ2v) is 7.08. The van der Waals surface area contributed by atoms with E-state index in [1.807, 2.05) is 7.05 Å². The Morgan fingerprint density at radius 1 is 1.31 bits per heavy atom. The lowest BCUT2D eigenvalue weighted by atomic mass is 9.91. The van der Waals surface area contributed by atoms with Gasteiger partial charge in [0.05, 0.1) is 19.1 Å². The van der Waals surface area contributed by atoms with Gasteiger partial charge in [-0.05, 0) is 37.2 Å². The highest BCUT2D eigenvalue weighted by Gasteiger charge is 2.30. The summed E-state index contributed by atoms with van der Waals surface area (Å²) >= 11 is 1.01. The molecule has 26 heavy (non-hydrogen) atoms. The van der Waals surface area contributed by atoms with Crippen LogP contribution in [-0.2, 0) is 7.05 Å². The smallest absolute Gasteiger partial charge is 0.347 e. The van der Waals surface area contributed by atoms with Gasteiger partial charge in [0.1, 0.15) is 5.69 Å². The fourth-order valence-electron chi connectivity index (χ4n) is 2.94. The lowest BCUT2D eigenvalue weighted by Gasteiger charge is -2.29. The van der Waals surface area contributed by atoms with Gasteiger partial charge in [0.15, 0.2) is 5.82 Å². The molecule has 0 aromatic carbocycles. The van der Waals surface area contributed by atoms with Crippen LogP contribution in [0.5, 0.6) is 0 Å². The number of alkyl halides is 3. The summed E-state index contributed by atoms with van der Waals surface area (Å²) in [6.45, 7) is -0.976. The summed E-state index contributed by atoms with van der Waals surface area (Å²) in [7, 11) is 1.81. The van der Waals surface area contributed by atoms with Gasteiger partial charge >= 0.3 is 6.18 Å². The molecule has 11 heteroatoms. The number of carbonyl (C=O) groups excluding carboxylic acids is 1. The number of hydrogen-bond acceptors (Lipinski definition) is 6. The van der Waals surface area contributed by atoms with Gasteiger partial charge in [-0.3, -0.25) is 4.79 Å². The molecule has 7 nitrogen and oxygen atoms in total. The highest BCUT2D eigenvalue weighted by Crippen LogP contribution is 2.22. The number of aromatic nitrogens is 4. The van der Waals surface area contributed by atoms with E-state index in [1.54, 1.807) is 17.1 Å². The molecular weight excluding hydrogens is 369 g/mol. The van der Waals surface area contributed by atoms with Crippen molar-refractivity contribution in [3.05, 3.63) is 17.5 Å². The fourth-order valence-corrected chi connectivity index (χ4v) is 3.52. The Kier molecular flexibility index (Phi) is 5.56. The van der Waals surface area contributed by atoms with E-state index in [0.717, 1.165) is 17.2 Å². The summed E-state index contributed by atoms with van der Waals surface area (Å²) in [5.74, 6) is 0.142. The minimum atomic E-state index is -4.20. The van der Waals surface area contributed by atoms with Crippen LogP contribution in [0.3, 0.4) is 0 Å². The predicted octanol–water partition coefficient (Wildman–Crippen LogP) is 2.13. The quantitative estimate of drug-likeness (QED) is 0.820. The Hall–Kier alpha value is -2.01. The zero-order valence-corrected chi connectivity index (χ0v) is 14.9. The van der Waals surface area contributed by atoms with Crippen molar-refractivity contribution in [2.24, 2.45) is 7.05 Å². The Morgan fingerprint density at radius 2 is 2.00 bits per heavy atom. The maximum atomic E-state index is 12.3. The Balaban J connectivity index is 1.49. The van der Waals surface area contributed by atoms with Crippen LogP contribution < -0.4 is 10.6 Å². The summed E-state index contributed by atoms with van der Waals surface area (Å²) in [6, 6.07) is -0.224. The van der Waals surface area contributed by atoms with Crippen LogP contribution in [0.2, 0.25) is 0 Å². The van der Waals surface area contributed by atoms with Crippen molar-refractivity contribution in [3.63, 3.8) is 0 Å². The lowest BCUT2D eigenvalue weighted by Crippen LogP contribution is -2.44. The van der Waals surface area contributed by atoms with Crippen LogP contribution in [0.25, 0.3) is 11.5 Å². The first kappa shape index (κ1) is 18.8. The van der Waals surface area contributed by atoms with Crippen LogP contribution in [0, 0.1) is 0 Å². The molecule has 0 radical (unpaired) electrons. The SMILES string of the molecule is Cn1cncc1-c1nsc(C(=O)NC2CCC(NCC(F)(F)F)CC2)n1. The Morgan fingerprint density at radius 3 is 2.62 bits per heavy atom. The summed E-state index contributed by atoms with van der Waals surface area (Å²) in [4.78, 5) is 20.6. The van der Waals surface area contributed by atoms with Crippen LogP contribution in [0.15, 0.2) is 12.5 Å². The fraction of sp³-hybridized carbons (Fsp3) is 0.600. The number of hydrogen-bond donors (Lipinski definition) is 2. The predicted molar refractivity (Wildman–Crippen MR) is 89.7 cm³/mol. The molecule has 1 aliphatic rings. The third kappa shape index (κ3) is 4.79. The van der Waals surface area contributed by atoms with Gasteiger partial charge in [0.25, 0.3) is 5.91 Å². The van der Waals surface area contributed by atoms with Crippen molar-refractivity contribution in [2.75, 3.05) is 6.54 Å². The molecule has 2 heterocycles. The van der Waals surface area contributed by atoms with E-state index in [-0.39, 0.29) is 23.0 Å². The summed E-state index contributed by atoms with van der Waals surface area (Å²) in [5.41, 5.74) is 0.719. The average Bonchev–Trinajstić information content (AvgIpc) is 3.22. The summed E-state index contributed by atoms with van der Waals surface area (Å²) < 4.78 is 42.7. The van der Waals surface area contributed by atoms with Gasteiger partial charge in [-0.25, -0.2) is 9.97 Å². The van der Waals surface area contributed by atoms with E-state index in [0.29, 0.717) is 31.5 Å². The maximum absolute atomic E-state index is 12.3. The molecular formula is C15H19F3N6OS. The van der Waals surface area contributed by atoms with E-state index < -0.39 is 12.7 Å². The van der Waals surface area contributed by atoms with Gasteiger partial charge in [-0.1, -0.05) is 0 Å². The second kappa shape index (κ2) is 7.70. The number of imidazole rings is 1. The average molecular weight is 388 g/mol. The summed E-state index contributed by atoms with van der Waals surface area (Å²) in [5, 5.41) is 5.69. The van der Waals surface area contributed by atoms with Gasteiger partial charge in [0.2, 0.25) is 5.01 Å². The van der Waals surface area contributed by atoms with Crippen molar-refractivity contribution in [3.8, 4) is 11.5 Å². The van der Waals surface area contributed by atoms with Gasteiger partial charge < -0.3 is 15.2 Å². The maximum Gasteiger partial charge on any atom is 0.401 e. The molecule has 2 aromatic heterocycles. The molecule has 0 saturated heterocycles. The molecule has 142 valence electrons. The first-order chi connectivity index (χ1) is 12.3. The van der Waals surface area contributed by atoms with E-state index in [4.69, 9.17) is 0 Å². The number of nitrogens with zero attached hydrogens (tertiary/aromatic N) is 4. The first-order valence-electron chi connectivity index (χ1n) is 8.23. The number of nitrogens with one attached hydrogen (secondary N) is 2. The highest BCUT2D eigenvalue weighted by atomic mass is 32.1. The lowest BCUT2D eigenvalue weighted by molar-refractivity contribution is -0.126. The molecule has 0 spiro atoms. The molecule has 0 aliphatic heterocycles. The highest BCUT2D eigenvalue weighted by molar-refractivity contribution is 7.07. The molecule has 3 rings (SSSR count). The third-order valence-corrected chi connectivity index (χ3v) is 5.03. The van der Waals surface area contributed by atoms with E-state index in [1.165, 1.54) is 0 Å². The molecule has 1 aliphatic carbocycles. The zero-order chi connectivity index (χ0) is 18.7. The van der Waals surface area contributed by atoms with Crippen LogP contribution >= 0.6 is 11.5 Å². The Labute approximate surface area is 152 Å². The van der Waals surface area contributed by atoms with Crippen molar-refractivity contribution >= 4 is 17.4 Å². The number of amides is 1. The zero-order valence-electron chi connectivity index (χ0n) is 14.1. The van der Waals surface area contributed by atoms with Crippen LogP contribution in [0.1, 0.15) is 35.5 Å². The van der Waals surface area contributed by atoms with Gasteiger partial charge in [0, 0.05) is 19.1 Å². The van der Waals surface area contributed by atoms with E-state index >= 15 is 0 Å². The summed E-state index contributed by atoms with van der Waals surface area (Å²) in [6.07, 6.45) is 1.51. The number of rotatable bonds is 5. The molecule has 2 N–H and O–H groups in total. The van der Waals surface area contributed by atoms with E-state index in [2.05, 4.69) is 25.0 Å². The van der Waals surface area contributed by atoms with Crippen molar-refractivity contribution in [2.45, 2.75) is 43.9 Å². The number of halogens is 3. The topological polar surface area (TPSA) is 84.7 Å². The normalized spacial score (nSPS) is 20.9. The molecule has 0 atom stereocenters. The molecule has 0 unspecified atom stereocenters. The number of aryl methyl sites for hydroxylation is 1. The first-order valence-corrected chi connectivity index (χ1v) is 9.00. The third-order valence-electron chi connectivity index (χ3n) is 4.32. The monoisotopic (exact) mass is 388 g/mol. The molecule has 0 bridgehead atoms. The van der Waals surface area contributed by atoms with E-state index in [9.17, 15) is 18.0 Å². The van der Waals surface area contributed by atoms with Gasteiger partial charge in [-0.2, -0.15) is 17.5 Å². The second-order valence-electron chi connectivity index (χ2n) is 6.33. The van der Waals surface area contributed by atoms with Crippen molar-refractivity contribution in [1.82, 2.24) is 29.5 Å². The Bertz CT molecular complexity index is 751. The minimum Gasteiger partial charge on any atom is -0.347 e. The minimum absolute atomic E-state index is 0.0597. The van der Waals surface area contributed by atoms with Gasteiger partial charge in [-0.15, -0.1) is 0 Å².